The van der Waals surface area contributed by atoms with Crippen LogP contribution in [-0.2, 0) is 0 Å². The summed E-state index contributed by atoms with van der Waals surface area (Å²) in [6.45, 7) is 3.29. The summed E-state index contributed by atoms with van der Waals surface area (Å²) in [5, 5.41) is 25.5. The molecule has 0 fully saturated rings. The highest BCUT2D eigenvalue weighted by Crippen LogP contribution is 2.24. The fraction of sp³-hybridized carbons (Fsp3) is 0.171. The minimum atomic E-state index is -0.306. The summed E-state index contributed by atoms with van der Waals surface area (Å²) in [6.07, 6.45) is 4.38. The zero-order chi connectivity index (χ0) is 38.9. The van der Waals surface area contributed by atoms with Crippen molar-refractivity contribution in [1.82, 2.24) is 56.0 Å². The Bertz CT molecular complexity index is 2490. The molecule has 0 saturated carbocycles. The molecule has 56 heavy (non-hydrogen) atoms. The van der Waals surface area contributed by atoms with Gasteiger partial charge < -0.3 is 21.3 Å². The van der Waals surface area contributed by atoms with Crippen molar-refractivity contribution in [3.63, 3.8) is 0 Å². The second kappa shape index (κ2) is 17.2. The molecule has 0 radical (unpaired) electrons. The van der Waals surface area contributed by atoms with Crippen LogP contribution < -0.4 is 21.3 Å². The van der Waals surface area contributed by atoms with E-state index in [2.05, 4.69) is 51.6 Å². The van der Waals surface area contributed by atoms with Crippen LogP contribution in [0.15, 0.2) is 109 Å². The molecule has 5 aromatic heterocycles. The zero-order valence-corrected chi connectivity index (χ0v) is 30.5. The Hall–Kier alpha value is -7.42. The van der Waals surface area contributed by atoms with Crippen LogP contribution in [0.4, 0.5) is 0 Å². The smallest absolute Gasteiger partial charge is 0.270 e. The molecule has 4 amide bonds. The summed E-state index contributed by atoms with van der Waals surface area (Å²) >= 11 is 0. The predicted molar refractivity (Wildman–Crippen MR) is 210 cm³/mol. The molecule has 0 unspecified atom stereocenters. The summed E-state index contributed by atoms with van der Waals surface area (Å²) < 4.78 is 1.72. The van der Waals surface area contributed by atoms with Gasteiger partial charge >= 0.3 is 0 Å². The average molecular weight is 750 g/mol. The maximum Gasteiger partial charge on any atom is 0.270 e. The van der Waals surface area contributed by atoms with Crippen LogP contribution in [0.3, 0.4) is 0 Å². The van der Waals surface area contributed by atoms with E-state index in [4.69, 9.17) is 0 Å². The van der Waals surface area contributed by atoms with Gasteiger partial charge in [0.1, 0.15) is 28.4 Å². The molecule has 0 spiro atoms. The van der Waals surface area contributed by atoms with E-state index in [1.54, 1.807) is 22.7 Å². The van der Waals surface area contributed by atoms with Crippen molar-refractivity contribution in [1.29, 1.82) is 0 Å². The van der Waals surface area contributed by atoms with E-state index in [1.807, 2.05) is 91.9 Å². The van der Waals surface area contributed by atoms with Crippen LogP contribution in [0.1, 0.15) is 60.4 Å². The van der Waals surface area contributed by atoms with E-state index < -0.39 is 0 Å². The van der Waals surface area contributed by atoms with Gasteiger partial charge in [0.05, 0.1) is 23.3 Å². The number of nitrogens with one attached hydrogen (secondary N) is 6. The number of hydrogen-bond acceptors (Lipinski definition) is 8. The van der Waals surface area contributed by atoms with Crippen LogP contribution in [-0.4, -0.2) is 84.6 Å². The van der Waals surface area contributed by atoms with Gasteiger partial charge in [0.2, 0.25) is 0 Å². The highest BCUT2D eigenvalue weighted by Gasteiger charge is 2.16. The zero-order valence-electron chi connectivity index (χ0n) is 30.5. The van der Waals surface area contributed by atoms with Crippen molar-refractivity contribution in [2.75, 3.05) is 26.2 Å². The maximum absolute atomic E-state index is 13.1. The lowest BCUT2D eigenvalue weighted by atomic mass is 10.0. The Morgan fingerprint density at radius 2 is 1.12 bits per heavy atom. The molecule has 7 rings (SSSR count). The van der Waals surface area contributed by atoms with E-state index in [0.29, 0.717) is 84.5 Å². The lowest BCUT2D eigenvalue weighted by Gasteiger charge is -2.10. The monoisotopic (exact) mass is 749 g/mol. The van der Waals surface area contributed by atoms with Crippen LogP contribution in [0, 0.1) is 6.92 Å². The van der Waals surface area contributed by atoms with Crippen molar-refractivity contribution in [3.05, 3.63) is 138 Å². The molecule has 7 aromatic rings. The number of aryl methyl sites for hydroxylation is 1. The number of H-pyrrole nitrogens is 2. The number of carbonyl (C=O) groups is 4. The van der Waals surface area contributed by atoms with Gasteiger partial charge in [-0.05, 0) is 55.7 Å². The molecule has 5 heterocycles. The highest BCUT2D eigenvalue weighted by molar-refractivity contribution is 5.95. The highest BCUT2D eigenvalue weighted by atomic mass is 16.2. The number of nitrogens with zero attached hydrogens (tertiary/aromatic N) is 5. The molecule has 0 aliphatic carbocycles. The summed E-state index contributed by atoms with van der Waals surface area (Å²) in [6, 6.07) is 29.7. The van der Waals surface area contributed by atoms with E-state index in [1.165, 1.54) is 6.20 Å². The van der Waals surface area contributed by atoms with Gasteiger partial charge in [0.15, 0.2) is 0 Å². The Morgan fingerprint density at radius 3 is 1.75 bits per heavy atom. The SMILES string of the molecule is Cc1ccc(-c2ccc(-c3cc(C(=O)NCCCNC(=O)c4cnc5ccccn45)[nH]n3)cc2)nc1C(=O)NCCCNC(=O)c1cc(-c2ccccc2)n[nH]1. The molecular weight excluding hydrogens is 711 g/mol. The first-order valence-corrected chi connectivity index (χ1v) is 18.1. The number of hydrogen-bond donors (Lipinski definition) is 6. The molecule has 0 aliphatic rings. The predicted octanol–water partition coefficient (Wildman–Crippen LogP) is 4.58. The van der Waals surface area contributed by atoms with Crippen LogP contribution in [0.5, 0.6) is 0 Å². The minimum absolute atomic E-state index is 0.236. The minimum Gasteiger partial charge on any atom is -0.351 e. The molecule has 0 atom stereocenters. The van der Waals surface area contributed by atoms with Gasteiger partial charge in [-0.1, -0.05) is 66.7 Å². The van der Waals surface area contributed by atoms with Gasteiger partial charge in [-0.3, -0.25) is 33.8 Å². The summed E-state index contributed by atoms with van der Waals surface area (Å²) in [7, 11) is 0. The van der Waals surface area contributed by atoms with Crippen molar-refractivity contribution in [2.24, 2.45) is 0 Å². The maximum atomic E-state index is 13.1. The van der Waals surface area contributed by atoms with E-state index in [9.17, 15) is 19.2 Å². The Morgan fingerprint density at radius 1 is 0.589 bits per heavy atom. The number of pyridine rings is 2. The van der Waals surface area contributed by atoms with Crippen molar-refractivity contribution < 1.29 is 19.2 Å². The normalized spacial score (nSPS) is 10.9. The number of carbonyl (C=O) groups excluding carboxylic acids is 4. The number of aromatic amines is 2. The second-order valence-electron chi connectivity index (χ2n) is 12.9. The van der Waals surface area contributed by atoms with Crippen LogP contribution in [0.2, 0.25) is 0 Å². The molecule has 15 nitrogen and oxygen atoms in total. The third-order valence-corrected chi connectivity index (χ3v) is 9.00. The van der Waals surface area contributed by atoms with Crippen LogP contribution >= 0.6 is 0 Å². The lowest BCUT2D eigenvalue weighted by Crippen LogP contribution is -2.30. The van der Waals surface area contributed by atoms with E-state index in [-0.39, 0.29) is 23.6 Å². The molecular formula is C41H39N11O4. The summed E-state index contributed by atoms with van der Waals surface area (Å²) in [4.78, 5) is 59.8. The quantitative estimate of drug-likeness (QED) is 0.0817. The number of rotatable bonds is 15. The van der Waals surface area contributed by atoms with Crippen molar-refractivity contribution >= 4 is 29.3 Å². The topological polar surface area (TPSA) is 204 Å². The largest absolute Gasteiger partial charge is 0.351 e. The van der Waals surface area contributed by atoms with E-state index in [0.717, 1.165) is 22.3 Å². The molecule has 0 aliphatic heterocycles. The fourth-order valence-corrected chi connectivity index (χ4v) is 5.96. The molecule has 2 aromatic carbocycles. The number of imidazole rings is 1. The fourth-order valence-electron chi connectivity index (χ4n) is 5.96. The van der Waals surface area contributed by atoms with E-state index >= 15 is 0 Å². The summed E-state index contributed by atoms with van der Waals surface area (Å²) in [5.74, 6) is -1.11. The molecule has 6 N–H and O–H groups in total. The van der Waals surface area contributed by atoms with Gasteiger partial charge in [-0.15, -0.1) is 0 Å². The average Bonchev–Trinajstić information content (AvgIpc) is 4.02. The van der Waals surface area contributed by atoms with Crippen LogP contribution in [0.25, 0.3) is 39.4 Å². The molecule has 0 saturated heterocycles. The molecule has 15 heteroatoms. The molecule has 0 bridgehead atoms. The first-order valence-electron chi connectivity index (χ1n) is 18.1. The second-order valence-corrected chi connectivity index (χ2v) is 12.9. The van der Waals surface area contributed by atoms with Gasteiger partial charge in [-0.25, -0.2) is 9.97 Å². The first kappa shape index (κ1) is 36.9. The third kappa shape index (κ3) is 8.68. The summed E-state index contributed by atoms with van der Waals surface area (Å²) in [5.41, 5.74) is 7.29. The number of fused-ring (bicyclic) bond motifs is 1. The number of aromatic nitrogens is 7. The Labute approximate surface area is 321 Å². The molecule has 282 valence electrons. The lowest BCUT2D eigenvalue weighted by molar-refractivity contribution is 0.0930. The van der Waals surface area contributed by atoms with Gasteiger partial charge in [0.25, 0.3) is 23.6 Å². The van der Waals surface area contributed by atoms with Gasteiger partial charge in [0, 0.05) is 49.1 Å². The van der Waals surface area contributed by atoms with Crippen molar-refractivity contribution in [3.8, 4) is 33.8 Å². The number of benzene rings is 2. The first-order chi connectivity index (χ1) is 27.3. The Kier molecular flexibility index (Phi) is 11.3. The standard InChI is InChI=1S/C41H39N11O4/c1-26-12-17-30(47-37(26)41(56)45-21-8-19-43-38(53)33-23-31(48-50-33)27-9-3-2-4-10-27)28-13-15-29(16-14-28)32-24-34(51-49-32)39(54)42-18-7-20-44-40(55)35-25-46-36-11-5-6-22-52(35)36/h2-6,9-17,22-25H,7-8,18-21H2,1H3,(H,42,54)(H,43,53)(H,44,55)(H,45,56)(H,48,50)(H,49,51). The number of amides is 4. The van der Waals surface area contributed by atoms with Crippen molar-refractivity contribution in [2.45, 2.75) is 19.8 Å². The van der Waals surface area contributed by atoms with Gasteiger partial charge in [-0.2, -0.15) is 10.2 Å². The Balaban J connectivity index is 0.849. The third-order valence-electron chi connectivity index (χ3n) is 9.00.